The Bertz CT molecular complexity index is 2460. The highest BCUT2D eigenvalue weighted by atomic mass is 19.3. The summed E-state index contributed by atoms with van der Waals surface area (Å²) in [6.07, 6.45) is 15.8. The van der Waals surface area contributed by atoms with Gasteiger partial charge >= 0.3 is 18.0 Å². The van der Waals surface area contributed by atoms with Gasteiger partial charge < -0.3 is 65.5 Å². The van der Waals surface area contributed by atoms with E-state index in [4.69, 9.17) is 24.1 Å². The number of carboxylic acid groups (broad SMARTS) is 2. The number of hydrogen-bond acceptors (Lipinski definition) is 14. The van der Waals surface area contributed by atoms with Crippen LogP contribution in [-0.4, -0.2) is 193 Å². The maximum absolute atomic E-state index is 14.0. The number of piperidine rings is 1. The van der Waals surface area contributed by atoms with Crippen molar-refractivity contribution in [3.63, 3.8) is 0 Å². The van der Waals surface area contributed by atoms with Crippen LogP contribution in [0.3, 0.4) is 0 Å². The average molecular weight is 1210 g/mol. The van der Waals surface area contributed by atoms with Crippen molar-refractivity contribution in [1.82, 2.24) is 40.8 Å². The average Bonchev–Trinajstić information content (AvgIpc) is 1.92. The number of halogens is 2. The Morgan fingerprint density at radius 1 is 0.706 bits per heavy atom. The molecule has 4 rings (SSSR count). The Kier molecular flexibility index (Phi) is 32.9. The maximum atomic E-state index is 14.0. The number of aromatic nitrogens is 2. The first-order valence-corrected chi connectivity index (χ1v) is 30.3. The van der Waals surface area contributed by atoms with Crippen LogP contribution in [0.2, 0.25) is 0 Å². The molecule has 2 aliphatic rings. The van der Waals surface area contributed by atoms with Gasteiger partial charge in [-0.2, -0.15) is 5.10 Å². The SMILES string of the molecule is CC(=O)c1nn(CC(=O)N2C[C@@H](CNC(=O)COCCOCCNC(=O)COCCOCCNC(=O)CC[C@H](NC(=O)CCCCCCCCCCCCCCCCC(=O)O)C(=O)O)C[C@H]2C)c2c(C)cc(NC(=O)N3CCCC(F)(F)C3)cc12. The number of nitrogens with one attached hydrogen (secondary N) is 5. The zero-order valence-corrected chi connectivity index (χ0v) is 50.1. The Morgan fingerprint density at radius 2 is 1.26 bits per heavy atom. The van der Waals surface area contributed by atoms with E-state index in [1.54, 1.807) is 24.0 Å². The minimum Gasteiger partial charge on any atom is -0.481 e. The molecule has 0 saturated carbocycles. The minimum atomic E-state index is -2.96. The molecule has 478 valence electrons. The monoisotopic (exact) mass is 1210 g/mol. The number of ether oxygens (including phenoxy) is 4. The first kappa shape index (κ1) is 71.1. The molecule has 7 amide bonds. The number of carbonyl (C=O) groups is 9. The van der Waals surface area contributed by atoms with Gasteiger partial charge in [0.1, 0.15) is 31.5 Å². The number of carboxylic acids is 2. The van der Waals surface area contributed by atoms with E-state index in [0.29, 0.717) is 48.1 Å². The highest BCUT2D eigenvalue weighted by molar-refractivity contribution is 6.07. The topological polar surface area (TPSA) is 315 Å². The smallest absolute Gasteiger partial charge is 0.326 e. The molecule has 26 heteroatoms. The number of ketones is 1. The highest BCUT2D eigenvalue weighted by Crippen LogP contribution is 2.31. The quantitative estimate of drug-likeness (QED) is 0.0289. The van der Waals surface area contributed by atoms with Gasteiger partial charge in [0.25, 0.3) is 5.92 Å². The lowest BCUT2D eigenvalue weighted by Gasteiger charge is -2.32. The van der Waals surface area contributed by atoms with Crippen LogP contribution in [0, 0.1) is 12.8 Å². The molecule has 3 atom stereocenters. The molecule has 0 unspecified atom stereocenters. The predicted molar refractivity (Wildman–Crippen MR) is 311 cm³/mol. The second kappa shape index (κ2) is 39.3. The number of unbranched alkanes of at least 4 members (excludes halogenated alkanes) is 13. The summed E-state index contributed by atoms with van der Waals surface area (Å²) in [5, 5.41) is 36.5. The predicted octanol–water partition coefficient (Wildman–Crippen LogP) is 6.14. The van der Waals surface area contributed by atoms with Gasteiger partial charge in [0.2, 0.25) is 29.5 Å². The standard InChI is InChI=1S/C59H93F2N9O15/c1-42-33-46(65-58(81)68-26-18-23-59(60,61)41-68)35-47-55(44(3)71)67-70(56(42)47)38-53(76)69-37-45(34-43(69)2)36-64-52(75)40-85-32-30-83-28-25-63-51(74)39-84-31-29-82-27-24-62-49(72)22-21-48(57(79)80)66-50(73)19-16-14-12-10-8-6-4-5-7-9-11-13-15-17-20-54(77)78/h33,35,43,45,48H,4-32,34,36-41H2,1-3H3,(H,62,72)(H,63,74)(H,64,75)(H,65,81)(H,66,73)(H,77,78)(H,79,80)/t43-,45-,48+/m1/s1. The Balaban J connectivity index is 0.938. The van der Waals surface area contributed by atoms with E-state index < -0.39 is 36.5 Å². The normalized spacial score (nSPS) is 16.0. The van der Waals surface area contributed by atoms with E-state index in [1.165, 1.54) is 43.7 Å². The van der Waals surface area contributed by atoms with E-state index in [0.717, 1.165) is 56.3 Å². The molecule has 2 saturated heterocycles. The van der Waals surface area contributed by atoms with Crippen molar-refractivity contribution in [2.45, 2.75) is 180 Å². The van der Waals surface area contributed by atoms with Crippen LogP contribution in [0.5, 0.6) is 0 Å². The first-order valence-electron chi connectivity index (χ1n) is 30.3. The number of fused-ring (bicyclic) bond motifs is 1. The van der Waals surface area contributed by atoms with Crippen molar-refractivity contribution in [3.8, 4) is 0 Å². The number of anilines is 1. The Hall–Kier alpha value is -6.38. The number of benzene rings is 1. The number of aliphatic carboxylic acids is 2. The first-order chi connectivity index (χ1) is 40.7. The van der Waals surface area contributed by atoms with Gasteiger partial charge in [-0.05, 0) is 69.6 Å². The second-order valence-electron chi connectivity index (χ2n) is 22.2. The zero-order chi connectivity index (χ0) is 62.0. The number of urea groups is 1. The molecule has 1 aromatic carbocycles. The van der Waals surface area contributed by atoms with Gasteiger partial charge in [-0.15, -0.1) is 0 Å². The van der Waals surface area contributed by atoms with Crippen LogP contribution >= 0.6 is 0 Å². The number of carbonyl (C=O) groups excluding carboxylic acids is 7. The number of hydrogen-bond donors (Lipinski definition) is 7. The van der Waals surface area contributed by atoms with E-state index >= 15 is 0 Å². The Morgan fingerprint density at radius 3 is 1.82 bits per heavy atom. The van der Waals surface area contributed by atoms with Crippen LogP contribution in [0.4, 0.5) is 19.3 Å². The summed E-state index contributed by atoms with van der Waals surface area (Å²) in [4.78, 5) is 114. The second-order valence-corrected chi connectivity index (χ2v) is 22.2. The number of rotatable bonds is 44. The third-order valence-corrected chi connectivity index (χ3v) is 14.8. The summed E-state index contributed by atoms with van der Waals surface area (Å²) in [6, 6.07) is 1.24. The van der Waals surface area contributed by atoms with Gasteiger partial charge in [-0.25, -0.2) is 18.4 Å². The van der Waals surface area contributed by atoms with Crippen molar-refractivity contribution < 1.29 is 81.1 Å². The number of alkyl halides is 2. The van der Waals surface area contributed by atoms with E-state index in [2.05, 4.69) is 31.7 Å². The fourth-order valence-electron chi connectivity index (χ4n) is 10.4. The molecule has 1 aromatic heterocycles. The lowest BCUT2D eigenvalue weighted by Crippen LogP contribution is -2.47. The van der Waals surface area contributed by atoms with Crippen molar-refractivity contribution in [1.29, 1.82) is 0 Å². The molecular formula is C59H93F2N9O15. The fraction of sp³-hybridized carbons (Fsp3) is 0.729. The van der Waals surface area contributed by atoms with Crippen LogP contribution < -0.4 is 26.6 Å². The van der Waals surface area contributed by atoms with Gasteiger partial charge in [0.05, 0.1) is 51.7 Å². The number of aryl methyl sites for hydroxylation is 1. The van der Waals surface area contributed by atoms with E-state index in [-0.39, 0.29) is 171 Å². The largest absolute Gasteiger partial charge is 0.481 e. The molecule has 2 aliphatic heterocycles. The third kappa shape index (κ3) is 28.6. The van der Waals surface area contributed by atoms with E-state index in [9.17, 15) is 57.0 Å². The van der Waals surface area contributed by atoms with Crippen molar-refractivity contribution in [2.75, 3.05) is 97.4 Å². The maximum Gasteiger partial charge on any atom is 0.326 e. The molecule has 2 aromatic rings. The number of likely N-dealkylation sites (tertiary alicyclic amines) is 2. The van der Waals surface area contributed by atoms with Crippen LogP contribution in [0.15, 0.2) is 12.1 Å². The van der Waals surface area contributed by atoms with Crippen LogP contribution in [-0.2, 0) is 59.1 Å². The van der Waals surface area contributed by atoms with Gasteiger partial charge in [0.15, 0.2) is 5.78 Å². The number of Topliss-reactive ketones (excluding diaryl/α,β-unsaturated/α-hetero) is 1. The van der Waals surface area contributed by atoms with Gasteiger partial charge in [-0.1, -0.05) is 77.0 Å². The lowest BCUT2D eigenvalue weighted by molar-refractivity contribution is -0.142. The number of amides is 7. The van der Waals surface area contributed by atoms with Crippen molar-refractivity contribution in [3.05, 3.63) is 23.4 Å². The molecule has 2 fully saturated rings. The van der Waals surface area contributed by atoms with Crippen LogP contribution in [0.1, 0.15) is 165 Å². The number of nitrogens with zero attached hydrogens (tertiary/aromatic N) is 4. The van der Waals surface area contributed by atoms with Gasteiger partial charge in [-0.3, -0.25) is 38.2 Å². The molecule has 85 heavy (non-hydrogen) atoms. The molecule has 7 N–H and O–H groups in total. The third-order valence-electron chi connectivity index (χ3n) is 14.8. The van der Waals surface area contributed by atoms with Crippen molar-refractivity contribution >= 4 is 69.9 Å². The van der Waals surface area contributed by atoms with E-state index in [1.807, 2.05) is 6.92 Å². The summed E-state index contributed by atoms with van der Waals surface area (Å²) >= 11 is 0. The molecular weight excluding hydrogens is 1110 g/mol. The molecule has 0 aliphatic carbocycles. The summed E-state index contributed by atoms with van der Waals surface area (Å²) < 4.78 is 51.1. The van der Waals surface area contributed by atoms with Gasteiger partial charge in [0, 0.05) is 82.4 Å². The molecule has 3 heterocycles. The minimum absolute atomic E-state index is 0.0205. The Labute approximate surface area is 497 Å². The highest BCUT2D eigenvalue weighted by Gasteiger charge is 2.38. The summed E-state index contributed by atoms with van der Waals surface area (Å²) in [5.74, 6) is -6.90. The summed E-state index contributed by atoms with van der Waals surface area (Å²) in [7, 11) is 0. The van der Waals surface area contributed by atoms with Crippen molar-refractivity contribution in [2.24, 2.45) is 5.92 Å². The molecule has 0 bridgehead atoms. The van der Waals surface area contributed by atoms with Crippen LogP contribution in [0.25, 0.3) is 10.9 Å². The molecule has 0 spiro atoms. The molecule has 24 nitrogen and oxygen atoms in total. The summed E-state index contributed by atoms with van der Waals surface area (Å²) in [6.45, 7) is 6.07. The summed E-state index contributed by atoms with van der Waals surface area (Å²) in [5.41, 5.74) is 1.57. The molecule has 0 radical (unpaired) electrons. The lowest BCUT2D eigenvalue weighted by atomic mass is 10.0. The zero-order valence-electron chi connectivity index (χ0n) is 50.1. The fourth-order valence-corrected chi connectivity index (χ4v) is 10.4.